The van der Waals surface area contributed by atoms with Gasteiger partial charge in [0.25, 0.3) is 0 Å². The van der Waals surface area contributed by atoms with Crippen LogP contribution >= 0.6 is 0 Å². The van der Waals surface area contributed by atoms with Crippen LogP contribution < -0.4 is 5.73 Å². The van der Waals surface area contributed by atoms with Gasteiger partial charge in [-0.1, -0.05) is 0 Å². The summed E-state index contributed by atoms with van der Waals surface area (Å²) in [6, 6.07) is -0.510. The maximum atomic E-state index is 11.8. The van der Waals surface area contributed by atoms with Gasteiger partial charge in [0.05, 0.1) is 6.54 Å². The van der Waals surface area contributed by atoms with E-state index < -0.39 is 12.7 Å². The normalized spacial score (nSPS) is 18.0. The molecule has 0 aliphatic heterocycles. The van der Waals surface area contributed by atoms with Gasteiger partial charge in [-0.15, -0.1) is 0 Å². The lowest BCUT2D eigenvalue weighted by Crippen LogP contribution is -2.45. The quantitative estimate of drug-likeness (QED) is 0.714. The van der Waals surface area contributed by atoms with Crippen molar-refractivity contribution < 1.29 is 13.2 Å². The molecule has 0 fully saturated rings. The molecule has 2 N–H and O–H groups in total. The van der Waals surface area contributed by atoms with E-state index in [1.807, 2.05) is 0 Å². The number of rotatable bonds is 3. The van der Waals surface area contributed by atoms with Gasteiger partial charge in [-0.25, -0.2) is 0 Å². The Kier molecular flexibility index (Phi) is 3.99. The number of halogens is 3. The Morgan fingerprint density at radius 3 is 2.00 bits per heavy atom. The van der Waals surface area contributed by atoms with Crippen molar-refractivity contribution in [1.29, 1.82) is 0 Å². The summed E-state index contributed by atoms with van der Waals surface area (Å²) in [7, 11) is 1.42. The Labute approximate surface area is 70.5 Å². The highest BCUT2D eigenvalue weighted by Gasteiger charge is 2.31. The summed E-state index contributed by atoms with van der Waals surface area (Å²) in [5, 5.41) is 0. The van der Waals surface area contributed by atoms with Crippen LogP contribution in [0.1, 0.15) is 13.8 Å². The Hall–Kier alpha value is -0.290. The van der Waals surface area contributed by atoms with Gasteiger partial charge < -0.3 is 5.73 Å². The number of hydrogen-bond acceptors (Lipinski definition) is 2. The largest absolute Gasteiger partial charge is 0.401 e. The van der Waals surface area contributed by atoms with Crippen LogP contribution in [0.4, 0.5) is 13.2 Å². The number of hydrogen-bond donors (Lipinski definition) is 1. The lowest BCUT2D eigenvalue weighted by atomic mass is 10.1. The topological polar surface area (TPSA) is 29.3 Å². The van der Waals surface area contributed by atoms with Crippen molar-refractivity contribution in [3.63, 3.8) is 0 Å². The second-order valence-corrected chi connectivity index (χ2v) is 3.13. The van der Waals surface area contributed by atoms with Crippen molar-refractivity contribution in [2.45, 2.75) is 32.1 Å². The van der Waals surface area contributed by atoms with E-state index in [2.05, 4.69) is 0 Å². The highest BCUT2D eigenvalue weighted by Crippen LogP contribution is 2.17. The molecule has 0 bridgehead atoms. The second kappa shape index (κ2) is 4.09. The van der Waals surface area contributed by atoms with E-state index in [0.717, 1.165) is 0 Å². The average molecular weight is 184 g/mol. The average Bonchev–Trinajstić information content (AvgIpc) is 1.82. The van der Waals surface area contributed by atoms with Crippen molar-refractivity contribution in [3.8, 4) is 0 Å². The molecule has 2 nitrogen and oxygen atoms in total. The molecule has 2 atom stereocenters. The Morgan fingerprint density at radius 1 is 1.33 bits per heavy atom. The number of nitrogens with zero attached hydrogens (tertiary/aromatic N) is 1. The minimum atomic E-state index is -4.14. The van der Waals surface area contributed by atoms with Crippen LogP contribution in [0.5, 0.6) is 0 Å². The molecular weight excluding hydrogens is 169 g/mol. The first kappa shape index (κ1) is 11.7. The molecule has 0 radical (unpaired) electrons. The Bertz CT molecular complexity index is 133. The van der Waals surface area contributed by atoms with Gasteiger partial charge in [-0.05, 0) is 20.9 Å². The van der Waals surface area contributed by atoms with E-state index >= 15 is 0 Å². The molecule has 74 valence electrons. The molecule has 0 heterocycles. The van der Waals surface area contributed by atoms with E-state index in [1.165, 1.54) is 11.9 Å². The molecule has 0 spiro atoms. The van der Waals surface area contributed by atoms with E-state index in [4.69, 9.17) is 5.73 Å². The summed E-state index contributed by atoms with van der Waals surface area (Å²) in [5.41, 5.74) is 5.45. The van der Waals surface area contributed by atoms with E-state index in [0.29, 0.717) is 0 Å². The molecule has 12 heavy (non-hydrogen) atoms. The van der Waals surface area contributed by atoms with Crippen LogP contribution in [-0.4, -0.2) is 36.8 Å². The Balaban J connectivity index is 3.95. The third-order valence-corrected chi connectivity index (χ3v) is 1.88. The monoisotopic (exact) mass is 184 g/mol. The fourth-order valence-corrected chi connectivity index (χ4v) is 0.828. The van der Waals surface area contributed by atoms with Crippen LogP contribution in [-0.2, 0) is 0 Å². The summed E-state index contributed by atoms with van der Waals surface area (Å²) in [6.45, 7) is 2.46. The standard InChI is InChI=1S/C7H15F3N2/c1-5(11)6(2)12(3)4-7(8,9)10/h5-6H,4,11H2,1-3H3. The lowest BCUT2D eigenvalue weighted by molar-refractivity contribution is -0.147. The zero-order valence-electron chi connectivity index (χ0n) is 7.52. The molecule has 0 saturated heterocycles. The first-order valence-electron chi connectivity index (χ1n) is 3.76. The number of alkyl halides is 3. The summed E-state index contributed by atoms with van der Waals surface area (Å²) in [4.78, 5) is 1.20. The van der Waals surface area contributed by atoms with Gasteiger partial charge in [-0.3, -0.25) is 4.90 Å². The molecule has 0 aromatic rings. The minimum Gasteiger partial charge on any atom is -0.327 e. The molecule has 5 heteroatoms. The first-order valence-corrected chi connectivity index (χ1v) is 3.76. The smallest absolute Gasteiger partial charge is 0.327 e. The molecule has 0 aliphatic rings. The van der Waals surface area contributed by atoms with Crippen LogP contribution in [0.3, 0.4) is 0 Å². The Morgan fingerprint density at radius 2 is 1.75 bits per heavy atom. The highest BCUT2D eigenvalue weighted by atomic mass is 19.4. The van der Waals surface area contributed by atoms with Crippen molar-refractivity contribution in [3.05, 3.63) is 0 Å². The van der Waals surface area contributed by atoms with Gasteiger partial charge in [0, 0.05) is 12.1 Å². The fraction of sp³-hybridized carbons (Fsp3) is 1.00. The molecule has 0 aromatic carbocycles. The van der Waals surface area contributed by atoms with E-state index in [9.17, 15) is 13.2 Å². The molecular formula is C7H15F3N2. The van der Waals surface area contributed by atoms with Crippen molar-refractivity contribution in [2.75, 3.05) is 13.6 Å². The highest BCUT2D eigenvalue weighted by molar-refractivity contribution is 4.73. The van der Waals surface area contributed by atoms with Gasteiger partial charge in [0.15, 0.2) is 0 Å². The zero-order chi connectivity index (χ0) is 9.94. The van der Waals surface area contributed by atoms with Crippen LogP contribution in [0, 0.1) is 0 Å². The first-order chi connectivity index (χ1) is 5.24. The van der Waals surface area contributed by atoms with Crippen molar-refractivity contribution in [1.82, 2.24) is 4.90 Å². The summed E-state index contributed by atoms with van der Waals surface area (Å²) < 4.78 is 35.5. The van der Waals surface area contributed by atoms with Gasteiger partial charge in [0.1, 0.15) is 0 Å². The SMILES string of the molecule is CC(N)C(C)N(C)CC(F)(F)F. The third-order valence-electron chi connectivity index (χ3n) is 1.88. The molecule has 0 aromatic heterocycles. The summed E-state index contributed by atoms with van der Waals surface area (Å²) in [6.07, 6.45) is -4.14. The predicted molar refractivity (Wildman–Crippen MR) is 41.8 cm³/mol. The van der Waals surface area contributed by atoms with Crippen LogP contribution in [0.15, 0.2) is 0 Å². The van der Waals surface area contributed by atoms with Crippen molar-refractivity contribution >= 4 is 0 Å². The van der Waals surface area contributed by atoms with E-state index in [-0.39, 0.29) is 12.1 Å². The van der Waals surface area contributed by atoms with Gasteiger partial charge >= 0.3 is 6.18 Å². The van der Waals surface area contributed by atoms with Crippen LogP contribution in [0.2, 0.25) is 0 Å². The summed E-state index contributed by atoms with van der Waals surface area (Å²) in [5.74, 6) is 0. The predicted octanol–water partition coefficient (Wildman–Crippen LogP) is 1.22. The second-order valence-electron chi connectivity index (χ2n) is 3.13. The van der Waals surface area contributed by atoms with E-state index in [1.54, 1.807) is 13.8 Å². The van der Waals surface area contributed by atoms with Crippen LogP contribution in [0.25, 0.3) is 0 Å². The molecule has 0 aliphatic carbocycles. The minimum absolute atomic E-state index is 0.252. The summed E-state index contributed by atoms with van der Waals surface area (Å²) >= 11 is 0. The maximum Gasteiger partial charge on any atom is 0.401 e. The number of nitrogens with two attached hydrogens (primary N) is 1. The maximum absolute atomic E-state index is 11.8. The molecule has 0 rings (SSSR count). The van der Waals surface area contributed by atoms with Crippen molar-refractivity contribution in [2.24, 2.45) is 5.73 Å². The molecule has 2 unspecified atom stereocenters. The lowest BCUT2D eigenvalue weighted by Gasteiger charge is -2.28. The van der Waals surface area contributed by atoms with Gasteiger partial charge in [-0.2, -0.15) is 13.2 Å². The van der Waals surface area contributed by atoms with Gasteiger partial charge in [0.2, 0.25) is 0 Å². The molecule has 0 amide bonds. The fourth-order valence-electron chi connectivity index (χ4n) is 0.828. The third kappa shape index (κ3) is 4.56. The number of likely N-dealkylation sites (N-methyl/N-ethyl adjacent to an activating group) is 1. The molecule has 0 saturated carbocycles. The zero-order valence-corrected chi connectivity index (χ0v) is 7.52.